The van der Waals surface area contributed by atoms with Gasteiger partial charge in [0.25, 0.3) is 0 Å². The van der Waals surface area contributed by atoms with Crippen LogP contribution in [0.4, 0.5) is 0 Å². The molecule has 0 fully saturated rings. The van der Waals surface area contributed by atoms with Crippen LogP contribution in [0, 0.1) is 0 Å². The third kappa shape index (κ3) is 58.3. The summed E-state index contributed by atoms with van der Waals surface area (Å²) in [7, 11) is 0. The first-order valence-corrected chi connectivity index (χ1v) is 29.7. The second-order valence-corrected chi connectivity index (χ2v) is 19.2. The number of hydrogen-bond acceptors (Lipinski definition) is 6. The molecule has 0 rings (SSSR count). The Morgan fingerprint density at radius 1 is 0.288 bits per heavy atom. The second-order valence-electron chi connectivity index (χ2n) is 19.2. The molecule has 0 aromatic carbocycles. The molecule has 0 radical (unpaired) electrons. The van der Waals surface area contributed by atoms with E-state index in [4.69, 9.17) is 14.2 Å². The summed E-state index contributed by atoms with van der Waals surface area (Å²) >= 11 is 0. The largest absolute Gasteiger partial charge is 0.462 e. The molecule has 0 saturated carbocycles. The number of carbonyl (C=O) groups is 3. The van der Waals surface area contributed by atoms with Crippen molar-refractivity contribution in [2.75, 3.05) is 13.2 Å². The van der Waals surface area contributed by atoms with E-state index in [2.05, 4.69) is 154 Å². The van der Waals surface area contributed by atoms with Gasteiger partial charge in [0.15, 0.2) is 6.10 Å². The normalized spacial score (nSPS) is 13.1. The number of hydrogen-bond donors (Lipinski definition) is 0. The van der Waals surface area contributed by atoms with E-state index in [9.17, 15) is 14.4 Å². The lowest BCUT2D eigenvalue weighted by Crippen LogP contribution is -2.30. The van der Waals surface area contributed by atoms with Crippen molar-refractivity contribution in [1.82, 2.24) is 0 Å². The molecular formula is C67H108O6. The fourth-order valence-corrected chi connectivity index (χ4v) is 7.71. The van der Waals surface area contributed by atoms with Crippen LogP contribution < -0.4 is 0 Å². The van der Waals surface area contributed by atoms with Crippen LogP contribution in [-0.2, 0) is 28.6 Å². The van der Waals surface area contributed by atoms with E-state index < -0.39 is 6.10 Å². The van der Waals surface area contributed by atoms with Crippen LogP contribution in [0.5, 0.6) is 0 Å². The zero-order valence-corrected chi connectivity index (χ0v) is 47.1. The summed E-state index contributed by atoms with van der Waals surface area (Å²) in [4.78, 5) is 38.1. The van der Waals surface area contributed by atoms with Gasteiger partial charge in [-0.2, -0.15) is 0 Å². The van der Waals surface area contributed by atoms with Crippen molar-refractivity contribution < 1.29 is 28.6 Å². The summed E-state index contributed by atoms with van der Waals surface area (Å²) in [5, 5.41) is 0. The Bertz CT molecular complexity index is 1580. The van der Waals surface area contributed by atoms with E-state index in [-0.39, 0.29) is 31.1 Å². The number of rotatable bonds is 52. The Balaban J connectivity index is 4.33. The minimum atomic E-state index is -0.801. The predicted molar refractivity (Wildman–Crippen MR) is 316 cm³/mol. The zero-order valence-electron chi connectivity index (χ0n) is 47.1. The number of allylic oxidation sites excluding steroid dienone is 22. The molecule has 0 saturated heterocycles. The second kappa shape index (κ2) is 60.1. The monoisotopic (exact) mass is 1010 g/mol. The fraction of sp³-hybridized carbons (Fsp3) is 0.627. The molecule has 1 unspecified atom stereocenters. The molecule has 1 atom stereocenters. The molecular weight excluding hydrogens is 901 g/mol. The first-order chi connectivity index (χ1) is 36.0. The Hall–Kier alpha value is -4.45. The molecule has 0 bridgehead atoms. The van der Waals surface area contributed by atoms with E-state index in [1.165, 1.54) is 57.8 Å². The molecule has 412 valence electrons. The summed E-state index contributed by atoms with van der Waals surface area (Å²) in [5.41, 5.74) is 0. The predicted octanol–water partition coefficient (Wildman–Crippen LogP) is 20.2. The summed E-state index contributed by atoms with van der Waals surface area (Å²) in [5.74, 6) is -0.949. The summed E-state index contributed by atoms with van der Waals surface area (Å²) in [6.45, 7) is 6.40. The first-order valence-electron chi connectivity index (χ1n) is 29.7. The lowest BCUT2D eigenvalue weighted by molar-refractivity contribution is -0.167. The molecule has 0 aromatic heterocycles. The molecule has 0 amide bonds. The van der Waals surface area contributed by atoms with Crippen LogP contribution in [0.15, 0.2) is 134 Å². The third-order valence-electron chi connectivity index (χ3n) is 12.1. The minimum absolute atomic E-state index is 0.0961. The average Bonchev–Trinajstić information content (AvgIpc) is 3.39. The number of ether oxygens (including phenoxy) is 3. The Morgan fingerprint density at radius 2 is 0.562 bits per heavy atom. The first kappa shape index (κ1) is 68.6. The minimum Gasteiger partial charge on any atom is -0.462 e. The van der Waals surface area contributed by atoms with Gasteiger partial charge < -0.3 is 14.2 Å². The van der Waals surface area contributed by atoms with Crippen LogP contribution >= 0.6 is 0 Å². The lowest BCUT2D eigenvalue weighted by Gasteiger charge is -2.18. The van der Waals surface area contributed by atoms with Crippen molar-refractivity contribution in [2.45, 2.75) is 258 Å². The topological polar surface area (TPSA) is 78.9 Å². The fourth-order valence-electron chi connectivity index (χ4n) is 7.71. The van der Waals surface area contributed by atoms with Crippen molar-refractivity contribution >= 4 is 17.9 Å². The maximum absolute atomic E-state index is 12.8. The van der Waals surface area contributed by atoms with Crippen molar-refractivity contribution in [2.24, 2.45) is 0 Å². The quantitative estimate of drug-likeness (QED) is 0.0261. The molecule has 6 heteroatoms. The van der Waals surface area contributed by atoms with Gasteiger partial charge in [-0.25, -0.2) is 0 Å². The number of esters is 3. The lowest BCUT2D eigenvalue weighted by atomic mass is 10.1. The number of carbonyl (C=O) groups excluding carboxylic acids is 3. The van der Waals surface area contributed by atoms with Gasteiger partial charge in [-0.15, -0.1) is 0 Å². The smallest absolute Gasteiger partial charge is 0.306 e. The highest BCUT2D eigenvalue weighted by atomic mass is 16.6. The van der Waals surface area contributed by atoms with E-state index in [1.54, 1.807) is 0 Å². The Kier molecular flexibility index (Phi) is 56.4. The standard InChI is InChI=1S/C67H108O6/c1-4-7-10-13-16-19-22-24-25-26-27-28-29-30-31-32-33-34-35-36-37-38-39-40-41-43-45-48-51-54-57-60-66(69)72-63-64(62-71-65(68)59-56-53-50-47-44-21-18-15-12-9-6-3)73-67(70)61-58-55-52-49-46-42-23-20-17-14-11-8-5-2/h7,10-11,14,16,19-20,23-25,27-28,30-31,33-34,36-37,39-40,43,45,64H,4-6,8-9,12-13,15,17-18,21-22,26,29,32,35,38,41-42,44,46-63H2,1-3H3/b10-7-,14-11-,19-16-,23-20-,25-24-,28-27-,31-30-,34-33-,37-36-,40-39-,45-43-. The van der Waals surface area contributed by atoms with Crippen molar-refractivity contribution in [1.29, 1.82) is 0 Å². The van der Waals surface area contributed by atoms with Gasteiger partial charge in [-0.05, 0) is 116 Å². The summed E-state index contributed by atoms with van der Waals surface area (Å²) in [6, 6.07) is 0. The van der Waals surface area contributed by atoms with E-state index in [0.29, 0.717) is 19.3 Å². The van der Waals surface area contributed by atoms with Gasteiger partial charge in [0.2, 0.25) is 0 Å². The van der Waals surface area contributed by atoms with Crippen molar-refractivity contribution in [3.8, 4) is 0 Å². The molecule has 0 N–H and O–H groups in total. The van der Waals surface area contributed by atoms with Gasteiger partial charge in [-0.3, -0.25) is 14.4 Å². The summed E-state index contributed by atoms with van der Waals surface area (Å²) in [6.07, 6.45) is 84.5. The molecule has 6 nitrogen and oxygen atoms in total. The molecule has 0 aliphatic heterocycles. The molecule has 0 spiro atoms. The Morgan fingerprint density at radius 3 is 0.904 bits per heavy atom. The van der Waals surface area contributed by atoms with Crippen LogP contribution in [0.1, 0.15) is 252 Å². The highest BCUT2D eigenvalue weighted by Crippen LogP contribution is 2.14. The molecule has 0 aromatic rings. The Labute approximate surface area is 449 Å². The average molecular weight is 1010 g/mol. The van der Waals surface area contributed by atoms with Crippen LogP contribution in [-0.4, -0.2) is 37.2 Å². The number of unbranched alkanes of at least 4 members (excludes halogenated alkanes) is 19. The van der Waals surface area contributed by atoms with Gasteiger partial charge in [0.05, 0.1) is 0 Å². The van der Waals surface area contributed by atoms with Crippen LogP contribution in [0.25, 0.3) is 0 Å². The maximum Gasteiger partial charge on any atom is 0.306 e. The van der Waals surface area contributed by atoms with Crippen molar-refractivity contribution in [3.05, 3.63) is 134 Å². The maximum atomic E-state index is 12.8. The van der Waals surface area contributed by atoms with Gasteiger partial charge in [-0.1, -0.05) is 251 Å². The van der Waals surface area contributed by atoms with Crippen LogP contribution in [0.3, 0.4) is 0 Å². The molecule has 0 heterocycles. The van der Waals surface area contributed by atoms with E-state index in [0.717, 1.165) is 154 Å². The summed E-state index contributed by atoms with van der Waals surface area (Å²) < 4.78 is 16.8. The highest BCUT2D eigenvalue weighted by Gasteiger charge is 2.19. The highest BCUT2D eigenvalue weighted by molar-refractivity contribution is 5.71. The van der Waals surface area contributed by atoms with E-state index >= 15 is 0 Å². The third-order valence-corrected chi connectivity index (χ3v) is 12.1. The van der Waals surface area contributed by atoms with Gasteiger partial charge >= 0.3 is 17.9 Å². The SMILES string of the molecule is CC/C=C\C/C=C\C/C=C\C/C=C\C/C=C\C/C=C\C/C=C\C/C=C\C/C=C\CCCCCC(=O)OCC(COC(=O)CCCCCCCCCCCCC)OC(=O)CCCCCCC/C=C\C/C=C\CCC. The van der Waals surface area contributed by atoms with Gasteiger partial charge in [0, 0.05) is 19.3 Å². The zero-order chi connectivity index (χ0) is 52.9. The van der Waals surface area contributed by atoms with Crippen molar-refractivity contribution in [3.63, 3.8) is 0 Å². The molecule has 0 aliphatic rings. The van der Waals surface area contributed by atoms with Gasteiger partial charge in [0.1, 0.15) is 13.2 Å². The molecule has 73 heavy (non-hydrogen) atoms. The van der Waals surface area contributed by atoms with E-state index in [1.807, 2.05) is 0 Å². The van der Waals surface area contributed by atoms with Crippen LogP contribution in [0.2, 0.25) is 0 Å². The molecule has 0 aliphatic carbocycles.